The predicted octanol–water partition coefficient (Wildman–Crippen LogP) is 3.36. The normalized spacial score (nSPS) is 20.6. The van der Waals surface area contributed by atoms with E-state index in [1.807, 2.05) is 0 Å². The van der Waals surface area contributed by atoms with E-state index >= 15 is 0 Å². The number of hydrogen-bond donors (Lipinski definition) is 1. The van der Waals surface area contributed by atoms with Crippen LogP contribution in [0.25, 0.3) is 0 Å². The molecule has 1 heterocycles. The van der Waals surface area contributed by atoms with Crippen molar-refractivity contribution in [2.45, 2.75) is 26.2 Å². The first-order valence-electron chi connectivity index (χ1n) is 6.32. The number of aliphatic hydroxyl groups excluding tert-OH is 1. The number of piperidine rings is 1. The SMILES string of the molecule is Cc1ccc(N2CCCC(CCO)C2)cc1Br. The van der Waals surface area contributed by atoms with Gasteiger partial charge in [0.15, 0.2) is 0 Å². The van der Waals surface area contributed by atoms with Crippen molar-refractivity contribution in [3.05, 3.63) is 28.2 Å². The van der Waals surface area contributed by atoms with Crippen molar-refractivity contribution in [3.63, 3.8) is 0 Å². The van der Waals surface area contributed by atoms with E-state index in [-0.39, 0.29) is 0 Å². The van der Waals surface area contributed by atoms with Crippen molar-refractivity contribution in [2.75, 3.05) is 24.6 Å². The number of rotatable bonds is 3. The van der Waals surface area contributed by atoms with Gasteiger partial charge in [0.05, 0.1) is 0 Å². The Morgan fingerprint density at radius 3 is 3.00 bits per heavy atom. The molecular formula is C14H20BrNO. The molecular weight excluding hydrogens is 278 g/mol. The quantitative estimate of drug-likeness (QED) is 0.925. The van der Waals surface area contributed by atoms with E-state index in [2.05, 4.69) is 46.0 Å². The van der Waals surface area contributed by atoms with Crippen LogP contribution in [0.4, 0.5) is 5.69 Å². The van der Waals surface area contributed by atoms with E-state index in [9.17, 15) is 0 Å². The summed E-state index contributed by atoms with van der Waals surface area (Å²) in [5, 5.41) is 9.03. The molecule has 94 valence electrons. The maximum Gasteiger partial charge on any atom is 0.0434 e. The highest BCUT2D eigenvalue weighted by Crippen LogP contribution is 2.28. The number of aryl methyl sites for hydroxylation is 1. The van der Waals surface area contributed by atoms with Crippen LogP contribution in [0.5, 0.6) is 0 Å². The van der Waals surface area contributed by atoms with Gasteiger partial charge in [-0.15, -0.1) is 0 Å². The minimum atomic E-state index is 0.316. The number of hydrogen-bond acceptors (Lipinski definition) is 2. The van der Waals surface area contributed by atoms with Gasteiger partial charge >= 0.3 is 0 Å². The summed E-state index contributed by atoms with van der Waals surface area (Å²) >= 11 is 3.59. The van der Waals surface area contributed by atoms with Gasteiger partial charge in [0, 0.05) is 29.9 Å². The van der Waals surface area contributed by atoms with Crippen molar-refractivity contribution >= 4 is 21.6 Å². The van der Waals surface area contributed by atoms with E-state index in [0.29, 0.717) is 12.5 Å². The molecule has 1 N–H and O–H groups in total. The van der Waals surface area contributed by atoms with Gasteiger partial charge in [-0.3, -0.25) is 0 Å². The maximum atomic E-state index is 9.03. The smallest absolute Gasteiger partial charge is 0.0434 e. The van der Waals surface area contributed by atoms with E-state index < -0.39 is 0 Å². The number of benzene rings is 1. The summed E-state index contributed by atoms with van der Waals surface area (Å²) in [5.74, 6) is 0.647. The van der Waals surface area contributed by atoms with Crippen LogP contribution in [0.3, 0.4) is 0 Å². The molecule has 2 nitrogen and oxygen atoms in total. The van der Waals surface area contributed by atoms with Crippen LogP contribution in [-0.4, -0.2) is 24.8 Å². The molecule has 1 fully saturated rings. The van der Waals surface area contributed by atoms with E-state index in [4.69, 9.17) is 5.11 Å². The van der Waals surface area contributed by atoms with E-state index in [0.717, 1.165) is 19.5 Å². The third-order valence-corrected chi connectivity index (χ3v) is 4.43. The second kappa shape index (κ2) is 5.87. The minimum Gasteiger partial charge on any atom is -0.396 e. The highest BCUT2D eigenvalue weighted by molar-refractivity contribution is 9.10. The summed E-state index contributed by atoms with van der Waals surface area (Å²) < 4.78 is 1.18. The molecule has 0 saturated carbocycles. The van der Waals surface area contributed by atoms with Crippen LogP contribution in [0.1, 0.15) is 24.8 Å². The summed E-state index contributed by atoms with van der Waals surface area (Å²) in [6.07, 6.45) is 3.42. The Morgan fingerprint density at radius 1 is 1.47 bits per heavy atom. The summed E-state index contributed by atoms with van der Waals surface area (Å²) in [6, 6.07) is 6.56. The Kier molecular flexibility index (Phi) is 4.46. The first-order chi connectivity index (χ1) is 8.20. The minimum absolute atomic E-state index is 0.316. The molecule has 1 aliphatic heterocycles. The summed E-state index contributed by atoms with van der Waals surface area (Å²) in [6.45, 7) is 4.64. The molecule has 1 atom stereocenters. The van der Waals surface area contributed by atoms with Crippen LogP contribution in [0, 0.1) is 12.8 Å². The molecule has 17 heavy (non-hydrogen) atoms. The van der Waals surface area contributed by atoms with Crippen LogP contribution in [-0.2, 0) is 0 Å². The fourth-order valence-corrected chi connectivity index (χ4v) is 2.86. The van der Waals surface area contributed by atoms with Crippen LogP contribution in [0.2, 0.25) is 0 Å². The lowest BCUT2D eigenvalue weighted by molar-refractivity contribution is 0.244. The van der Waals surface area contributed by atoms with E-state index in [1.165, 1.54) is 28.6 Å². The Labute approximate surface area is 112 Å². The molecule has 1 aromatic rings. The average molecular weight is 298 g/mol. The largest absolute Gasteiger partial charge is 0.396 e. The monoisotopic (exact) mass is 297 g/mol. The van der Waals surface area contributed by atoms with Crippen LogP contribution < -0.4 is 4.90 Å². The lowest BCUT2D eigenvalue weighted by atomic mass is 9.95. The predicted molar refractivity (Wildman–Crippen MR) is 75.5 cm³/mol. The van der Waals surface area contributed by atoms with Gasteiger partial charge in [-0.1, -0.05) is 22.0 Å². The van der Waals surface area contributed by atoms with Gasteiger partial charge in [-0.2, -0.15) is 0 Å². The molecule has 1 unspecified atom stereocenters. The summed E-state index contributed by atoms with van der Waals surface area (Å²) in [5.41, 5.74) is 2.57. The van der Waals surface area contributed by atoms with Crippen LogP contribution >= 0.6 is 15.9 Å². The summed E-state index contributed by atoms with van der Waals surface area (Å²) in [4.78, 5) is 2.44. The van der Waals surface area contributed by atoms with Crippen molar-refractivity contribution in [1.29, 1.82) is 0 Å². The van der Waals surface area contributed by atoms with Crippen molar-refractivity contribution in [3.8, 4) is 0 Å². The molecule has 1 saturated heterocycles. The molecule has 0 radical (unpaired) electrons. The van der Waals surface area contributed by atoms with Crippen LogP contribution in [0.15, 0.2) is 22.7 Å². The zero-order chi connectivity index (χ0) is 12.3. The molecule has 0 amide bonds. The number of halogens is 1. The van der Waals surface area contributed by atoms with Gasteiger partial charge in [-0.05, 0) is 49.8 Å². The van der Waals surface area contributed by atoms with Gasteiger partial charge in [-0.25, -0.2) is 0 Å². The number of aliphatic hydroxyl groups is 1. The number of anilines is 1. The number of nitrogens with zero attached hydrogens (tertiary/aromatic N) is 1. The average Bonchev–Trinajstić information content (AvgIpc) is 2.33. The zero-order valence-electron chi connectivity index (χ0n) is 10.3. The highest BCUT2D eigenvalue weighted by atomic mass is 79.9. The fourth-order valence-electron chi connectivity index (χ4n) is 2.50. The Bertz CT molecular complexity index is 378. The molecule has 1 aromatic carbocycles. The lowest BCUT2D eigenvalue weighted by Gasteiger charge is -2.34. The molecule has 3 heteroatoms. The zero-order valence-corrected chi connectivity index (χ0v) is 11.9. The standard InChI is InChI=1S/C14H20BrNO/c1-11-4-5-13(9-14(11)15)16-7-2-3-12(10-16)6-8-17/h4-5,9,12,17H,2-3,6-8,10H2,1H3. The molecule has 1 aliphatic rings. The van der Waals surface area contributed by atoms with Gasteiger partial charge < -0.3 is 10.0 Å². The topological polar surface area (TPSA) is 23.5 Å². The molecule has 0 aromatic heterocycles. The Morgan fingerprint density at radius 2 is 2.29 bits per heavy atom. The third kappa shape index (κ3) is 3.23. The van der Waals surface area contributed by atoms with Crippen molar-refractivity contribution in [2.24, 2.45) is 5.92 Å². The van der Waals surface area contributed by atoms with Crippen molar-refractivity contribution in [1.82, 2.24) is 0 Å². The van der Waals surface area contributed by atoms with Gasteiger partial charge in [0.2, 0.25) is 0 Å². The molecule has 0 bridgehead atoms. The first-order valence-corrected chi connectivity index (χ1v) is 7.12. The molecule has 2 rings (SSSR count). The first kappa shape index (κ1) is 12.9. The second-order valence-corrected chi connectivity index (χ2v) is 5.75. The molecule has 0 spiro atoms. The lowest BCUT2D eigenvalue weighted by Crippen LogP contribution is -2.35. The second-order valence-electron chi connectivity index (χ2n) is 4.90. The third-order valence-electron chi connectivity index (χ3n) is 3.58. The Balaban J connectivity index is 2.08. The van der Waals surface area contributed by atoms with Gasteiger partial charge in [0.25, 0.3) is 0 Å². The highest BCUT2D eigenvalue weighted by Gasteiger charge is 2.19. The van der Waals surface area contributed by atoms with Crippen molar-refractivity contribution < 1.29 is 5.11 Å². The van der Waals surface area contributed by atoms with Gasteiger partial charge in [0.1, 0.15) is 0 Å². The summed E-state index contributed by atoms with van der Waals surface area (Å²) in [7, 11) is 0. The fraction of sp³-hybridized carbons (Fsp3) is 0.571. The maximum absolute atomic E-state index is 9.03. The molecule has 0 aliphatic carbocycles. The Hall–Kier alpha value is -0.540. The van der Waals surface area contributed by atoms with E-state index in [1.54, 1.807) is 0 Å².